The number of carbonyl (C=O) groups excluding carboxylic acids is 1. The van der Waals surface area contributed by atoms with Gasteiger partial charge >= 0.3 is 0 Å². The van der Waals surface area contributed by atoms with Crippen molar-refractivity contribution in [2.75, 3.05) is 13.1 Å². The lowest BCUT2D eigenvalue weighted by Crippen LogP contribution is -2.41. The molecule has 4 rings (SSSR count). The first-order valence-electron chi connectivity index (χ1n) is 8.38. The van der Waals surface area contributed by atoms with E-state index >= 15 is 0 Å². The van der Waals surface area contributed by atoms with Crippen molar-refractivity contribution in [2.45, 2.75) is 26.3 Å². The van der Waals surface area contributed by atoms with E-state index in [1.165, 1.54) is 4.68 Å². The minimum absolute atomic E-state index is 0.00147. The summed E-state index contributed by atoms with van der Waals surface area (Å²) in [7, 11) is 0. The molecule has 0 radical (unpaired) electrons. The summed E-state index contributed by atoms with van der Waals surface area (Å²) >= 11 is 0. The van der Waals surface area contributed by atoms with Gasteiger partial charge in [0.05, 0.1) is 6.20 Å². The molecule has 1 fully saturated rings. The summed E-state index contributed by atoms with van der Waals surface area (Å²) in [6.45, 7) is 3.74. The number of rotatable bonds is 2. The third kappa shape index (κ3) is 2.48. The van der Waals surface area contributed by atoms with E-state index in [4.69, 9.17) is 0 Å². The van der Waals surface area contributed by atoms with Crippen molar-refractivity contribution in [1.82, 2.24) is 19.7 Å². The molecule has 2 aromatic heterocycles. The number of H-pyrrole nitrogens is 1. The average Bonchev–Trinajstić information content (AvgIpc) is 2.97. The predicted molar refractivity (Wildman–Crippen MR) is 92.8 cm³/mol. The van der Waals surface area contributed by atoms with Crippen LogP contribution >= 0.6 is 0 Å². The lowest BCUT2D eigenvalue weighted by atomic mass is 9.99. The Balaban J connectivity index is 1.65. The zero-order chi connectivity index (χ0) is 16.7. The van der Waals surface area contributed by atoms with Crippen LogP contribution in [0, 0.1) is 5.92 Å². The van der Waals surface area contributed by atoms with Gasteiger partial charge in [-0.25, -0.2) is 4.68 Å². The Morgan fingerprint density at radius 3 is 2.79 bits per heavy atom. The van der Waals surface area contributed by atoms with Gasteiger partial charge in [0, 0.05) is 29.4 Å². The second-order valence-corrected chi connectivity index (χ2v) is 6.63. The highest BCUT2D eigenvalue weighted by molar-refractivity contribution is 6.06. The van der Waals surface area contributed by atoms with Crippen LogP contribution in [-0.4, -0.2) is 38.7 Å². The number of fused-ring (bicyclic) bond motifs is 3. The van der Waals surface area contributed by atoms with Gasteiger partial charge in [-0.05, 0) is 24.8 Å². The molecule has 124 valence electrons. The molecule has 0 bridgehead atoms. The topological polar surface area (TPSA) is 71.0 Å². The highest BCUT2D eigenvalue weighted by atomic mass is 16.2. The predicted octanol–water partition coefficient (Wildman–Crippen LogP) is 2.14. The maximum Gasteiger partial charge on any atom is 0.291 e. The Morgan fingerprint density at radius 1 is 1.25 bits per heavy atom. The van der Waals surface area contributed by atoms with Gasteiger partial charge in [-0.15, -0.1) is 0 Å². The second-order valence-electron chi connectivity index (χ2n) is 6.63. The summed E-state index contributed by atoms with van der Waals surface area (Å²) in [5.74, 6) is 0.629. The van der Waals surface area contributed by atoms with Crippen LogP contribution in [0.15, 0.2) is 35.3 Å². The summed E-state index contributed by atoms with van der Waals surface area (Å²) in [5, 5.41) is 5.99. The second kappa shape index (κ2) is 5.78. The first-order chi connectivity index (χ1) is 11.6. The van der Waals surface area contributed by atoms with E-state index in [1.807, 2.05) is 29.2 Å². The molecule has 6 nitrogen and oxygen atoms in total. The first kappa shape index (κ1) is 14.9. The average molecular weight is 324 g/mol. The van der Waals surface area contributed by atoms with Crippen molar-refractivity contribution in [3.63, 3.8) is 0 Å². The van der Waals surface area contributed by atoms with Crippen LogP contribution in [0.3, 0.4) is 0 Å². The molecule has 1 amide bonds. The molecule has 6 heteroatoms. The van der Waals surface area contributed by atoms with Gasteiger partial charge in [-0.1, -0.05) is 25.1 Å². The molecule has 1 aromatic carbocycles. The number of aromatic amines is 1. The van der Waals surface area contributed by atoms with Gasteiger partial charge in [0.1, 0.15) is 12.1 Å². The Labute approximate surface area is 139 Å². The standard InChI is InChI=1S/C18H20N4O2/c1-12-6-8-21(9-7-12)16(23)11-22-18(24)17-14(10-19-22)13-4-2-3-5-15(13)20-17/h2-5,10,12,20H,6-9,11H2,1H3. The Kier molecular flexibility index (Phi) is 3.59. The number of hydrogen-bond donors (Lipinski definition) is 1. The van der Waals surface area contributed by atoms with Gasteiger partial charge < -0.3 is 9.88 Å². The number of nitrogens with zero attached hydrogens (tertiary/aromatic N) is 3. The van der Waals surface area contributed by atoms with E-state index in [-0.39, 0.29) is 18.0 Å². The molecule has 1 N–H and O–H groups in total. The van der Waals surface area contributed by atoms with E-state index in [2.05, 4.69) is 17.0 Å². The fourth-order valence-corrected chi connectivity index (χ4v) is 3.37. The summed E-state index contributed by atoms with van der Waals surface area (Å²) in [5.41, 5.74) is 1.16. The third-order valence-corrected chi connectivity index (χ3v) is 4.94. The number of carbonyl (C=O) groups is 1. The normalized spacial score (nSPS) is 16.1. The number of likely N-dealkylation sites (tertiary alicyclic amines) is 1. The van der Waals surface area contributed by atoms with Crippen molar-refractivity contribution in [2.24, 2.45) is 5.92 Å². The van der Waals surface area contributed by atoms with E-state index in [1.54, 1.807) is 6.20 Å². The van der Waals surface area contributed by atoms with Gasteiger partial charge in [0.25, 0.3) is 5.56 Å². The largest absolute Gasteiger partial charge is 0.350 e. The molecule has 0 unspecified atom stereocenters. The van der Waals surface area contributed by atoms with Crippen molar-refractivity contribution in [3.05, 3.63) is 40.8 Å². The number of benzene rings is 1. The number of aromatic nitrogens is 3. The zero-order valence-electron chi connectivity index (χ0n) is 13.7. The number of amides is 1. The summed E-state index contributed by atoms with van der Waals surface area (Å²) in [4.78, 5) is 30.1. The van der Waals surface area contributed by atoms with Crippen LogP contribution in [0.2, 0.25) is 0 Å². The molecule has 3 aromatic rings. The number of piperidine rings is 1. The lowest BCUT2D eigenvalue weighted by Gasteiger charge is -2.30. The van der Waals surface area contributed by atoms with Gasteiger partial charge in [-0.2, -0.15) is 5.10 Å². The molecule has 0 atom stereocenters. The minimum atomic E-state index is -0.248. The fourth-order valence-electron chi connectivity index (χ4n) is 3.37. The number of para-hydroxylation sites is 1. The quantitative estimate of drug-likeness (QED) is 0.785. The molecule has 1 aliphatic rings. The van der Waals surface area contributed by atoms with Crippen LogP contribution in [0.25, 0.3) is 21.8 Å². The van der Waals surface area contributed by atoms with Gasteiger partial charge in [0.15, 0.2) is 0 Å². The molecule has 1 aliphatic heterocycles. The van der Waals surface area contributed by atoms with Crippen LogP contribution < -0.4 is 5.56 Å². The van der Waals surface area contributed by atoms with Crippen molar-refractivity contribution in [1.29, 1.82) is 0 Å². The highest BCUT2D eigenvalue weighted by Gasteiger charge is 2.21. The fraction of sp³-hybridized carbons (Fsp3) is 0.389. The number of nitrogens with one attached hydrogen (secondary N) is 1. The van der Waals surface area contributed by atoms with Crippen LogP contribution in [0.1, 0.15) is 19.8 Å². The first-order valence-corrected chi connectivity index (χ1v) is 8.38. The molecule has 24 heavy (non-hydrogen) atoms. The van der Waals surface area contributed by atoms with E-state index in [0.717, 1.165) is 42.2 Å². The van der Waals surface area contributed by atoms with Crippen molar-refractivity contribution < 1.29 is 4.79 Å². The monoisotopic (exact) mass is 324 g/mol. The Hall–Kier alpha value is -2.63. The maximum absolute atomic E-state index is 12.7. The smallest absolute Gasteiger partial charge is 0.291 e. The van der Waals surface area contributed by atoms with Crippen LogP contribution in [-0.2, 0) is 11.3 Å². The maximum atomic E-state index is 12.7. The Morgan fingerprint density at radius 2 is 2.00 bits per heavy atom. The summed E-state index contributed by atoms with van der Waals surface area (Å²) in [6.07, 6.45) is 3.71. The molecule has 0 saturated carbocycles. The van der Waals surface area contributed by atoms with Crippen LogP contribution in [0.4, 0.5) is 0 Å². The van der Waals surface area contributed by atoms with Crippen LogP contribution in [0.5, 0.6) is 0 Å². The van der Waals surface area contributed by atoms with E-state index in [9.17, 15) is 9.59 Å². The highest BCUT2D eigenvalue weighted by Crippen LogP contribution is 2.22. The molecular weight excluding hydrogens is 304 g/mol. The summed E-state index contributed by atoms with van der Waals surface area (Å²) < 4.78 is 1.26. The molecule has 0 aliphatic carbocycles. The van der Waals surface area contributed by atoms with E-state index < -0.39 is 0 Å². The van der Waals surface area contributed by atoms with Gasteiger partial charge in [-0.3, -0.25) is 9.59 Å². The molecule has 0 spiro atoms. The van der Waals surface area contributed by atoms with Crippen molar-refractivity contribution >= 4 is 27.7 Å². The van der Waals surface area contributed by atoms with E-state index in [0.29, 0.717) is 11.4 Å². The number of hydrogen-bond acceptors (Lipinski definition) is 3. The van der Waals surface area contributed by atoms with Gasteiger partial charge in [0.2, 0.25) is 5.91 Å². The van der Waals surface area contributed by atoms with Crippen molar-refractivity contribution in [3.8, 4) is 0 Å². The minimum Gasteiger partial charge on any atom is -0.350 e. The zero-order valence-corrected chi connectivity index (χ0v) is 13.7. The third-order valence-electron chi connectivity index (χ3n) is 4.94. The summed E-state index contributed by atoms with van der Waals surface area (Å²) in [6, 6.07) is 7.74. The SMILES string of the molecule is CC1CCN(C(=O)Cn2ncc3c([nH]c4ccccc43)c2=O)CC1. The molecule has 1 saturated heterocycles. The Bertz CT molecular complexity index is 964. The lowest BCUT2D eigenvalue weighted by molar-refractivity contribution is -0.133. The molecule has 3 heterocycles. The molecular formula is C18H20N4O2.